The second-order valence-corrected chi connectivity index (χ2v) is 9.58. The largest absolute Gasteiger partial charge is 0.379 e. The Kier molecular flexibility index (Phi) is 14.0. The molecule has 3 rings (SSSR count). The Balaban J connectivity index is 0.000000281. The monoisotopic (exact) mass is 510 g/mol. The first-order valence-electron chi connectivity index (χ1n) is 13.1. The molecule has 36 heavy (non-hydrogen) atoms. The highest BCUT2D eigenvalue weighted by Gasteiger charge is 2.35. The summed E-state index contributed by atoms with van der Waals surface area (Å²) in [7, 11) is 1.62. The Morgan fingerprint density at radius 3 is 2.44 bits per heavy atom. The molecule has 3 fully saturated rings. The van der Waals surface area contributed by atoms with E-state index in [1.54, 1.807) is 11.9 Å². The molecule has 2 heterocycles. The Labute approximate surface area is 213 Å². The molecule has 2 saturated heterocycles. The number of hydrogen-bond acceptors (Lipinski definition) is 8. The normalized spacial score (nSPS) is 21.1. The van der Waals surface area contributed by atoms with E-state index in [0.717, 1.165) is 89.2 Å². The van der Waals surface area contributed by atoms with Gasteiger partial charge in [0.2, 0.25) is 12.3 Å². The van der Waals surface area contributed by atoms with Crippen LogP contribution in [-0.4, -0.2) is 105 Å². The molecule has 12 nitrogen and oxygen atoms in total. The van der Waals surface area contributed by atoms with E-state index in [2.05, 4.69) is 20.8 Å². The summed E-state index contributed by atoms with van der Waals surface area (Å²) in [6.07, 6.45) is 8.80. The molecule has 2 N–H and O–H groups in total. The van der Waals surface area contributed by atoms with E-state index in [0.29, 0.717) is 31.7 Å². The summed E-state index contributed by atoms with van der Waals surface area (Å²) < 4.78 is 5.24. The van der Waals surface area contributed by atoms with E-state index >= 15 is 0 Å². The lowest BCUT2D eigenvalue weighted by molar-refractivity contribution is -0.140. The number of nitroso groups, excluding NO2 is 1. The smallest absolute Gasteiger partial charge is 0.314 e. The summed E-state index contributed by atoms with van der Waals surface area (Å²) in [6, 6.07) is -0.473. The molecule has 0 aromatic carbocycles. The lowest BCUT2D eigenvalue weighted by Crippen LogP contribution is -2.44. The molecule has 12 heteroatoms. The first kappa shape index (κ1) is 29.6. The van der Waals surface area contributed by atoms with Crippen LogP contribution in [0.3, 0.4) is 0 Å². The van der Waals surface area contributed by atoms with Gasteiger partial charge in [-0.1, -0.05) is 25.7 Å². The van der Waals surface area contributed by atoms with Crippen LogP contribution in [0.25, 0.3) is 0 Å². The zero-order valence-corrected chi connectivity index (χ0v) is 21.4. The predicted molar refractivity (Wildman–Crippen MR) is 134 cm³/mol. The number of aldehydes is 1. The molecule has 0 aromatic rings. The van der Waals surface area contributed by atoms with Gasteiger partial charge in [-0.15, -0.1) is 4.91 Å². The van der Waals surface area contributed by atoms with Crippen LogP contribution in [0.15, 0.2) is 5.29 Å². The second kappa shape index (κ2) is 17.0. The molecule has 0 radical (unpaired) electrons. The third-order valence-electron chi connectivity index (χ3n) is 7.08. The van der Waals surface area contributed by atoms with Crippen molar-refractivity contribution in [2.45, 2.75) is 57.4 Å². The maximum absolute atomic E-state index is 12.8. The highest BCUT2D eigenvalue weighted by Crippen LogP contribution is 2.32. The summed E-state index contributed by atoms with van der Waals surface area (Å²) in [5, 5.41) is 8.67. The van der Waals surface area contributed by atoms with Crippen LogP contribution in [0.5, 0.6) is 0 Å². The average Bonchev–Trinajstić information content (AvgIpc) is 3.61. The standard InChI is InChI=1S/C15H23N3O4.C9H19N3O2/c19-10-14-6-3-7-18(14)15(21)13(9-17(11-20)16-22)8-12-4-1-2-5-12;1-10-9(13)11-3-2-4-12-5-7-14-8-6-12/h10-14H,1-9H2;2-8H2,1H3,(H2,10,11,13). The van der Waals surface area contributed by atoms with Crippen LogP contribution in [-0.2, 0) is 19.1 Å². The number of morpholine rings is 1. The van der Waals surface area contributed by atoms with E-state index in [1.807, 2.05) is 0 Å². The van der Waals surface area contributed by atoms with E-state index < -0.39 is 5.92 Å². The molecule has 0 aromatic heterocycles. The molecule has 1 saturated carbocycles. The van der Waals surface area contributed by atoms with Crippen molar-refractivity contribution < 1.29 is 23.9 Å². The minimum absolute atomic E-state index is 0.00438. The summed E-state index contributed by atoms with van der Waals surface area (Å²) in [6.45, 7) is 6.04. The molecule has 204 valence electrons. The fourth-order valence-electron chi connectivity index (χ4n) is 5.08. The number of nitrogens with one attached hydrogen (secondary N) is 2. The van der Waals surface area contributed by atoms with E-state index in [9.17, 15) is 24.1 Å². The first-order valence-corrected chi connectivity index (χ1v) is 13.1. The molecule has 1 aliphatic carbocycles. The van der Waals surface area contributed by atoms with Gasteiger partial charge in [0.1, 0.15) is 6.29 Å². The van der Waals surface area contributed by atoms with Crippen LogP contribution in [0.1, 0.15) is 51.4 Å². The Bertz CT molecular complexity index is 691. The fourth-order valence-corrected chi connectivity index (χ4v) is 5.08. The van der Waals surface area contributed by atoms with Gasteiger partial charge >= 0.3 is 6.03 Å². The number of nitrogens with zero attached hydrogens (tertiary/aromatic N) is 4. The number of urea groups is 1. The van der Waals surface area contributed by atoms with Gasteiger partial charge in [0.15, 0.2) is 0 Å². The molecular formula is C24H42N6O6. The summed E-state index contributed by atoms with van der Waals surface area (Å²) >= 11 is 0. The van der Waals surface area contributed by atoms with Crippen LogP contribution < -0.4 is 10.6 Å². The molecule has 2 unspecified atom stereocenters. The van der Waals surface area contributed by atoms with Crippen molar-refractivity contribution in [3.05, 3.63) is 4.91 Å². The average molecular weight is 511 g/mol. The van der Waals surface area contributed by atoms with E-state index in [4.69, 9.17) is 4.74 Å². The van der Waals surface area contributed by atoms with Gasteiger partial charge < -0.3 is 25.1 Å². The van der Waals surface area contributed by atoms with Gasteiger partial charge in [-0.2, -0.15) is 5.01 Å². The number of ether oxygens (including phenoxy) is 1. The van der Waals surface area contributed by atoms with Gasteiger partial charge in [-0.3, -0.25) is 14.5 Å². The summed E-state index contributed by atoms with van der Waals surface area (Å²) in [5.74, 6) is -0.130. The van der Waals surface area contributed by atoms with Crippen molar-refractivity contribution in [1.82, 2.24) is 25.4 Å². The number of likely N-dealkylation sites (tertiary alicyclic amines) is 1. The maximum atomic E-state index is 12.8. The quantitative estimate of drug-likeness (QED) is 0.174. The van der Waals surface area contributed by atoms with Gasteiger partial charge in [0, 0.05) is 33.2 Å². The third-order valence-corrected chi connectivity index (χ3v) is 7.08. The SMILES string of the molecule is CNC(=O)NCCCN1CCOCC1.O=CC1CCCN1C(=O)C(CC1CCCC1)CN(C=O)N=O. The van der Waals surface area contributed by atoms with Crippen LogP contribution in [0.4, 0.5) is 4.79 Å². The van der Waals surface area contributed by atoms with Crippen LogP contribution in [0, 0.1) is 16.7 Å². The van der Waals surface area contributed by atoms with E-state index in [1.165, 1.54) is 0 Å². The van der Waals surface area contributed by atoms with Gasteiger partial charge in [-0.05, 0) is 38.1 Å². The van der Waals surface area contributed by atoms with Crippen LogP contribution in [0.2, 0.25) is 0 Å². The lowest BCUT2D eigenvalue weighted by atomic mass is 9.91. The molecular weight excluding hydrogens is 468 g/mol. The van der Waals surface area contributed by atoms with Gasteiger partial charge in [0.05, 0.1) is 37.0 Å². The van der Waals surface area contributed by atoms with Crippen molar-refractivity contribution in [2.24, 2.45) is 17.1 Å². The highest BCUT2D eigenvalue weighted by molar-refractivity contribution is 5.83. The zero-order chi connectivity index (χ0) is 26.2. The Morgan fingerprint density at radius 1 is 1.11 bits per heavy atom. The molecule has 4 amide bonds. The minimum Gasteiger partial charge on any atom is -0.379 e. The summed E-state index contributed by atoms with van der Waals surface area (Å²) in [5.41, 5.74) is 0. The lowest BCUT2D eigenvalue weighted by Gasteiger charge is -2.28. The van der Waals surface area contributed by atoms with Crippen molar-refractivity contribution in [3.63, 3.8) is 0 Å². The fraction of sp³-hybridized carbons (Fsp3) is 0.833. The maximum Gasteiger partial charge on any atom is 0.314 e. The third kappa shape index (κ3) is 10.2. The molecule has 2 aliphatic heterocycles. The van der Waals surface area contributed by atoms with Crippen molar-refractivity contribution >= 4 is 24.6 Å². The molecule has 3 aliphatic rings. The minimum atomic E-state index is -0.452. The topological polar surface area (TPSA) is 141 Å². The Morgan fingerprint density at radius 2 is 1.83 bits per heavy atom. The van der Waals surface area contributed by atoms with Crippen molar-refractivity contribution in [2.75, 3.05) is 59.5 Å². The van der Waals surface area contributed by atoms with Crippen molar-refractivity contribution in [3.8, 4) is 0 Å². The predicted octanol–water partition coefficient (Wildman–Crippen LogP) is 1.15. The van der Waals surface area contributed by atoms with Crippen molar-refractivity contribution in [1.29, 1.82) is 0 Å². The summed E-state index contributed by atoms with van der Waals surface area (Å²) in [4.78, 5) is 60.1. The highest BCUT2D eigenvalue weighted by atomic mass is 16.5. The molecule has 0 bridgehead atoms. The second-order valence-electron chi connectivity index (χ2n) is 9.58. The number of amides is 4. The molecule has 0 spiro atoms. The number of carbonyl (C=O) groups is 4. The number of rotatable bonds is 12. The Hall–Kier alpha value is -2.60. The molecule has 2 atom stereocenters. The zero-order valence-electron chi connectivity index (χ0n) is 21.4. The first-order chi connectivity index (χ1) is 17.5. The number of carbonyl (C=O) groups excluding carboxylic acids is 4. The van der Waals surface area contributed by atoms with Gasteiger partial charge in [-0.25, -0.2) is 4.79 Å². The number of hydrogen-bond donors (Lipinski definition) is 2. The van der Waals surface area contributed by atoms with Gasteiger partial charge in [0.25, 0.3) is 0 Å². The van der Waals surface area contributed by atoms with E-state index in [-0.39, 0.29) is 24.5 Å². The van der Waals surface area contributed by atoms with Crippen LogP contribution >= 0.6 is 0 Å².